The summed E-state index contributed by atoms with van der Waals surface area (Å²) in [6.07, 6.45) is 4.28. The number of piperidine rings is 1. The third-order valence-corrected chi connectivity index (χ3v) is 5.52. The van der Waals surface area contributed by atoms with Crippen molar-refractivity contribution < 1.29 is 0 Å². The molecule has 0 saturated carbocycles. The molecule has 24 heavy (non-hydrogen) atoms. The zero-order valence-corrected chi connectivity index (χ0v) is 15.0. The Morgan fingerprint density at radius 3 is 2.83 bits per heavy atom. The van der Waals surface area contributed by atoms with Crippen LogP contribution in [-0.4, -0.2) is 51.0 Å². The summed E-state index contributed by atoms with van der Waals surface area (Å²) in [6, 6.07) is 4.50. The summed E-state index contributed by atoms with van der Waals surface area (Å²) in [5, 5.41) is 14.2. The highest BCUT2D eigenvalue weighted by Crippen LogP contribution is 2.27. The van der Waals surface area contributed by atoms with Crippen LogP contribution in [0, 0.1) is 13.8 Å². The lowest BCUT2D eigenvalue weighted by atomic mass is 10.0. The molecule has 8 heteroatoms. The fourth-order valence-corrected chi connectivity index (χ4v) is 4.10. The molecule has 0 unspecified atom stereocenters. The number of aromatic nitrogens is 5. The zero-order chi connectivity index (χ0) is 16.7. The van der Waals surface area contributed by atoms with Gasteiger partial charge in [-0.2, -0.15) is 5.10 Å². The highest BCUT2D eigenvalue weighted by Gasteiger charge is 2.26. The van der Waals surface area contributed by atoms with E-state index in [0.717, 1.165) is 53.2 Å². The number of nitrogens with zero attached hydrogens (tertiary/aromatic N) is 7. The second kappa shape index (κ2) is 6.01. The first-order valence-electron chi connectivity index (χ1n) is 8.21. The Balaban J connectivity index is 1.52. The van der Waals surface area contributed by atoms with E-state index in [9.17, 15) is 0 Å². The van der Waals surface area contributed by atoms with Crippen molar-refractivity contribution in [2.75, 3.05) is 29.9 Å². The van der Waals surface area contributed by atoms with Crippen molar-refractivity contribution in [3.8, 4) is 0 Å². The first kappa shape index (κ1) is 15.3. The number of imidazole rings is 1. The molecule has 1 fully saturated rings. The second-order valence-electron chi connectivity index (χ2n) is 6.38. The van der Waals surface area contributed by atoms with Gasteiger partial charge < -0.3 is 9.80 Å². The van der Waals surface area contributed by atoms with Crippen molar-refractivity contribution in [2.45, 2.75) is 32.7 Å². The van der Waals surface area contributed by atoms with E-state index in [1.807, 2.05) is 30.6 Å². The Bertz CT molecular complexity index is 806. The van der Waals surface area contributed by atoms with E-state index in [0.29, 0.717) is 6.04 Å². The van der Waals surface area contributed by atoms with Gasteiger partial charge in [0.1, 0.15) is 0 Å². The maximum absolute atomic E-state index is 4.67. The third-order valence-electron chi connectivity index (χ3n) is 4.51. The first-order chi connectivity index (χ1) is 11.6. The molecule has 4 heterocycles. The summed E-state index contributed by atoms with van der Waals surface area (Å²) in [4.78, 5) is 10.0. The number of anilines is 2. The summed E-state index contributed by atoms with van der Waals surface area (Å²) in [5.74, 6) is 0.961. The molecule has 0 amide bonds. The largest absolute Gasteiger partial charge is 0.353 e. The van der Waals surface area contributed by atoms with Gasteiger partial charge in [0, 0.05) is 26.2 Å². The van der Waals surface area contributed by atoms with Crippen LogP contribution in [0.1, 0.15) is 24.2 Å². The predicted octanol–water partition coefficient (Wildman–Crippen LogP) is 2.30. The quantitative estimate of drug-likeness (QED) is 0.727. The van der Waals surface area contributed by atoms with Crippen LogP contribution in [-0.2, 0) is 0 Å². The number of fused-ring (bicyclic) bond motifs is 1. The van der Waals surface area contributed by atoms with Crippen LogP contribution in [0.2, 0.25) is 0 Å². The Labute approximate surface area is 144 Å². The van der Waals surface area contributed by atoms with Crippen LogP contribution in [0.5, 0.6) is 0 Å². The monoisotopic (exact) mass is 343 g/mol. The summed E-state index contributed by atoms with van der Waals surface area (Å²) in [7, 11) is 2.13. The molecule has 7 nitrogen and oxygen atoms in total. The van der Waals surface area contributed by atoms with E-state index in [4.69, 9.17) is 0 Å². The van der Waals surface area contributed by atoms with E-state index in [1.54, 1.807) is 11.3 Å². The summed E-state index contributed by atoms with van der Waals surface area (Å²) in [6.45, 7) is 5.92. The molecule has 0 aliphatic carbocycles. The highest BCUT2D eigenvalue weighted by atomic mass is 32.1. The Kier molecular flexibility index (Phi) is 3.84. The molecule has 1 saturated heterocycles. The minimum absolute atomic E-state index is 0.416. The molecule has 0 bridgehead atoms. The Morgan fingerprint density at radius 1 is 1.21 bits per heavy atom. The normalized spacial score (nSPS) is 18.3. The smallest absolute Gasteiger partial charge is 0.214 e. The topological polar surface area (TPSA) is 62.5 Å². The number of aryl methyl sites for hydroxylation is 2. The first-order valence-corrected chi connectivity index (χ1v) is 9.03. The molecule has 0 radical (unpaired) electrons. The van der Waals surface area contributed by atoms with Crippen molar-refractivity contribution in [2.24, 2.45) is 0 Å². The molecular weight excluding hydrogens is 322 g/mol. The van der Waals surface area contributed by atoms with Gasteiger partial charge in [0.05, 0.1) is 17.6 Å². The highest BCUT2D eigenvalue weighted by molar-refractivity contribution is 7.20. The summed E-state index contributed by atoms with van der Waals surface area (Å²) < 4.78 is 1.87. The van der Waals surface area contributed by atoms with Gasteiger partial charge in [-0.05, 0) is 38.8 Å². The van der Waals surface area contributed by atoms with E-state index >= 15 is 0 Å². The number of rotatable bonds is 3. The van der Waals surface area contributed by atoms with Crippen molar-refractivity contribution in [3.63, 3.8) is 0 Å². The van der Waals surface area contributed by atoms with E-state index in [1.165, 1.54) is 0 Å². The standard InChI is InChI=1S/C16H21N7S/c1-11-6-7-14(19-18-11)22-8-4-5-13(10-22)21(3)16-20-23-9-12(2)17-15(23)24-16/h6-7,9,13H,4-5,8,10H2,1-3H3/t13-/m1/s1. The average Bonchev–Trinajstić information content (AvgIpc) is 3.12. The van der Waals surface area contributed by atoms with Gasteiger partial charge in [-0.3, -0.25) is 0 Å². The summed E-state index contributed by atoms with van der Waals surface area (Å²) in [5.41, 5.74) is 1.95. The zero-order valence-electron chi connectivity index (χ0n) is 14.2. The van der Waals surface area contributed by atoms with Crippen molar-refractivity contribution >= 4 is 27.2 Å². The molecule has 0 aromatic carbocycles. The van der Waals surface area contributed by atoms with Crippen molar-refractivity contribution in [3.05, 3.63) is 29.7 Å². The molecule has 3 aromatic heterocycles. The van der Waals surface area contributed by atoms with Crippen molar-refractivity contribution in [1.82, 2.24) is 24.8 Å². The number of hydrogen-bond donors (Lipinski definition) is 0. The Hall–Kier alpha value is -2.22. The minimum Gasteiger partial charge on any atom is -0.353 e. The Morgan fingerprint density at radius 2 is 2.08 bits per heavy atom. The van der Waals surface area contributed by atoms with Crippen LogP contribution in [0.4, 0.5) is 10.9 Å². The van der Waals surface area contributed by atoms with Gasteiger partial charge in [-0.1, -0.05) is 11.3 Å². The van der Waals surface area contributed by atoms with Crippen LogP contribution in [0.25, 0.3) is 4.96 Å². The van der Waals surface area contributed by atoms with Gasteiger partial charge in [0.2, 0.25) is 10.1 Å². The SMILES string of the molecule is Cc1ccc(N2CCC[C@@H](N(C)c3nn4cc(C)nc4s3)C2)nn1. The molecule has 1 aliphatic rings. The number of likely N-dealkylation sites (N-methyl/N-ethyl adjacent to an activating group) is 1. The molecule has 4 rings (SSSR count). The maximum atomic E-state index is 4.67. The molecule has 1 atom stereocenters. The van der Waals surface area contributed by atoms with Gasteiger partial charge in [0.25, 0.3) is 0 Å². The van der Waals surface area contributed by atoms with Crippen LogP contribution < -0.4 is 9.80 Å². The van der Waals surface area contributed by atoms with E-state index in [-0.39, 0.29) is 0 Å². The second-order valence-corrected chi connectivity index (χ2v) is 7.31. The van der Waals surface area contributed by atoms with Crippen molar-refractivity contribution in [1.29, 1.82) is 0 Å². The average molecular weight is 343 g/mol. The molecule has 1 aliphatic heterocycles. The van der Waals surface area contributed by atoms with E-state index < -0.39 is 0 Å². The predicted molar refractivity (Wildman–Crippen MR) is 96.0 cm³/mol. The molecule has 0 spiro atoms. The lowest BCUT2D eigenvalue weighted by molar-refractivity contribution is 0.483. The molecule has 0 N–H and O–H groups in total. The molecule has 3 aromatic rings. The number of hydrogen-bond acceptors (Lipinski definition) is 7. The fraction of sp³-hybridized carbons (Fsp3) is 0.500. The van der Waals surface area contributed by atoms with Crippen LogP contribution in [0.15, 0.2) is 18.3 Å². The third kappa shape index (κ3) is 2.82. The van der Waals surface area contributed by atoms with Crippen LogP contribution >= 0.6 is 11.3 Å². The van der Waals surface area contributed by atoms with E-state index in [2.05, 4.69) is 43.2 Å². The minimum atomic E-state index is 0.416. The lowest BCUT2D eigenvalue weighted by Gasteiger charge is -2.37. The molecule has 126 valence electrons. The summed E-state index contributed by atoms with van der Waals surface area (Å²) >= 11 is 1.64. The fourth-order valence-electron chi connectivity index (χ4n) is 3.14. The molecular formula is C16H21N7S. The van der Waals surface area contributed by atoms with Gasteiger partial charge in [-0.15, -0.1) is 10.2 Å². The van der Waals surface area contributed by atoms with Gasteiger partial charge in [0.15, 0.2) is 5.82 Å². The lowest BCUT2D eigenvalue weighted by Crippen LogP contribution is -2.47. The van der Waals surface area contributed by atoms with Crippen LogP contribution in [0.3, 0.4) is 0 Å². The van der Waals surface area contributed by atoms with Gasteiger partial charge in [-0.25, -0.2) is 9.50 Å². The maximum Gasteiger partial charge on any atom is 0.214 e. The van der Waals surface area contributed by atoms with Gasteiger partial charge >= 0.3 is 0 Å².